The zero-order valence-corrected chi connectivity index (χ0v) is 12.5. The molecule has 20 heavy (non-hydrogen) atoms. The van der Waals surface area contributed by atoms with Crippen molar-refractivity contribution in [3.05, 3.63) is 41.7 Å². The molecule has 0 saturated heterocycles. The van der Waals surface area contributed by atoms with Crippen molar-refractivity contribution in [1.82, 2.24) is 14.9 Å². The van der Waals surface area contributed by atoms with Crippen molar-refractivity contribution >= 4 is 15.7 Å². The molecule has 0 aliphatic carbocycles. The quantitative estimate of drug-likeness (QED) is 0.784. The molecule has 108 valence electrons. The van der Waals surface area contributed by atoms with Gasteiger partial charge >= 0.3 is 0 Å². The number of sulfonamides is 1. The van der Waals surface area contributed by atoms with E-state index in [0.717, 1.165) is 11.4 Å². The summed E-state index contributed by atoms with van der Waals surface area (Å²) in [6.07, 6.45) is 1.68. The number of aromatic nitrogens is 2. The van der Waals surface area contributed by atoms with Crippen molar-refractivity contribution in [3.63, 3.8) is 0 Å². The van der Waals surface area contributed by atoms with Crippen molar-refractivity contribution in [2.75, 3.05) is 12.4 Å². The fourth-order valence-electron chi connectivity index (χ4n) is 1.92. The summed E-state index contributed by atoms with van der Waals surface area (Å²) in [4.78, 5) is 0.279. The molecule has 0 fully saturated rings. The highest BCUT2D eigenvalue weighted by atomic mass is 32.2. The Hall–Kier alpha value is -1.86. The number of aryl methyl sites for hydroxylation is 1. The Morgan fingerprint density at radius 1 is 1.30 bits per heavy atom. The first-order valence-electron chi connectivity index (χ1n) is 6.24. The number of benzene rings is 1. The number of hydrogen-bond acceptors (Lipinski definition) is 4. The lowest BCUT2D eigenvalue weighted by atomic mass is 10.2. The maximum atomic E-state index is 11.9. The van der Waals surface area contributed by atoms with Crippen LogP contribution in [0.1, 0.15) is 24.2 Å². The summed E-state index contributed by atoms with van der Waals surface area (Å²) >= 11 is 0. The Bertz CT molecular complexity index is 680. The van der Waals surface area contributed by atoms with Crippen LogP contribution in [-0.2, 0) is 10.0 Å². The van der Waals surface area contributed by atoms with Crippen LogP contribution in [0, 0.1) is 6.92 Å². The molecule has 0 radical (unpaired) electrons. The topological polar surface area (TPSA) is 86.9 Å². The monoisotopic (exact) mass is 294 g/mol. The largest absolute Gasteiger partial charge is 0.377 e. The summed E-state index contributed by atoms with van der Waals surface area (Å²) in [6, 6.07) is 7.15. The summed E-state index contributed by atoms with van der Waals surface area (Å²) in [5, 5.41) is 10.0. The molecular weight excluding hydrogens is 276 g/mol. The second kappa shape index (κ2) is 5.64. The zero-order valence-electron chi connectivity index (χ0n) is 11.6. The van der Waals surface area contributed by atoms with E-state index in [0.29, 0.717) is 5.56 Å². The summed E-state index contributed by atoms with van der Waals surface area (Å²) in [7, 11) is -2.05. The van der Waals surface area contributed by atoms with Crippen LogP contribution in [0.25, 0.3) is 0 Å². The molecule has 0 bridgehead atoms. The van der Waals surface area contributed by atoms with Crippen molar-refractivity contribution in [1.29, 1.82) is 0 Å². The highest BCUT2D eigenvalue weighted by molar-refractivity contribution is 7.89. The fourth-order valence-corrected chi connectivity index (χ4v) is 2.92. The molecule has 0 spiro atoms. The first kappa shape index (κ1) is 14.5. The van der Waals surface area contributed by atoms with E-state index in [2.05, 4.69) is 20.2 Å². The standard InChI is InChI=1S/C13H18N4O2S/c1-9-4-5-11(8-13(9)20(18,19)14-3)16-10(2)12-6-7-15-17-12/h4-8,10,14,16H,1-3H3,(H,15,17). The molecule has 1 heterocycles. The second-order valence-corrected chi connectivity index (χ2v) is 6.42. The SMILES string of the molecule is CNS(=O)(=O)c1cc(NC(C)c2ccn[nH]2)ccc1C. The molecule has 1 atom stereocenters. The minimum atomic E-state index is -3.45. The number of rotatable bonds is 5. The van der Waals surface area contributed by atoms with Crippen LogP contribution in [0.15, 0.2) is 35.4 Å². The molecule has 1 unspecified atom stereocenters. The van der Waals surface area contributed by atoms with E-state index < -0.39 is 10.0 Å². The third kappa shape index (κ3) is 3.00. The lowest BCUT2D eigenvalue weighted by Crippen LogP contribution is -2.20. The number of anilines is 1. The van der Waals surface area contributed by atoms with E-state index in [4.69, 9.17) is 0 Å². The maximum absolute atomic E-state index is 11.9. The van der Waals surface area contributed by atoms with Gasteiger partial charge in [-0.15, -0.1) is 0 Å². The minimum absolute atomic E-state index is 0.00495. The molecule has 0 aliphatic heterocycles. The first-order valence-corrected chi connectivity index (χ1v) is 7.72. The molecule has 0 saturated carbocycles. The average molecular weight is 294 g/mol. The summed E-state index contributed by atoms with van der Waals surface area (Å²) in [6.45, 7) is 3.74. The predicted molar refractivity (Wildman–Crippen MR) is 78.0 cm³/mol. The Labute approximate surface area is 118 Å². The van der Waals surface area contributed by atoms with Crippen LogP contribution in [0.4, 0.5) is 5.69 Å². The molecule has 0 aliphatic rings. The molecule has 1 aromatic carbocycles. The molecular formula is C13H18N4O2S. The minimum Gasteiger partial charge on any atom is -0.377 e. The van der Waals surface area contributed by atoms with Gasteiger partial charge in [-0.3, -0.25) is 5.10 Å². The van der Waals surface area contributed by atoms with E-state index in [1.165, 1.54) is 7.05 Å². The van der Waals surface area contributed by atoms with E-state index in [1.54, 1.807) is 25.3 Å². The highest BCUT2D eigenvalue weighted by Crippen LogP contribution is 2.23. The molecule has 1 aromatic heterocycles. The number of hydrogen-bond donors (Lipinski definition) is 3. The maximum Gasteiger partial charge on any atom is 0.240 e. The normalized spacial score (nSPS) is 13.2. The number of aromatic amines is 1. The van der Waals surface area contributed by atoms with E-state index in [9.17, 15) is 8.42 Å². The van der Waals surface area contributed by atoms with Gasteiger partial charge in [0.05, 0.1) is 16.6 Å². The van der Waals surface area contributed by atoms with Crippen LogP contribution < -0.4 is 10.0 Å². The van der Waals surface area contributed by atoms with Gasteiger partial charge in [0.15, 0.2) is 0 Å². The Morgan fingerprint density at radius 3 is 2.65 bits per heavy atom. The van der Waals surface area contributed by atoms with Gasteiger partial charge in [0.25, 0.3) is 0 Å². The van der Waals surface area contributed by atoms with Gasteiger partial charge in [-0.1, -0.05) is 6.07 Å². The van der Waals surface area contributed by atoms with E-state index >= 15 is 0 Å². The van der Waals surface area contributed by atoms with Crippen molar-refractivity contribution in [3.8, 4) is 0 Å². The Balaban J connectivity index is 2.28. The Morgan fingerprint density at radius 2 is 2.05 bits per heavy atom. The molecule has 2 rings (SSSR count). The summed E-state index contributed by atoms with van der Waals surface area (Å²) in [5.41, 5.74) is 2.38. The van der Waals surface area contributed by atoms with Crippen molar-refractivity contribution in [2.24, 2.45) is 0 Å². The second-order valence-electron chi connectivity index (χ2n) is 4.57. The molecule has 2 aromatic rings. The Kier molecular flexibility index (Phi) is 4.10. The first-order chi connectivity index (χ1) is 9.44. The van der Waals surface area contributed by atoms with Crippen LogP contribution in [-0.4, -0.2) is 25.7 Å². The van der Waals surface area contributed by atoms with Crippen molar-refractivity contribution in [2.45, 2.75) is 24.8 Å². The smallest absolute Gasteiger partial charge is 0.240 e. The molecule has 6 nitrogen and oxygen atoms in total. The van der Waals surface area contributed by atoms with Gasteiger partial charge in [-0.25, -0.2) is 13.1 Å². The number of H-pyrrole nitrogens is 1. The van der Waals surface area contributed by atoms with Crippen LogP contribution in [0.2, 0.25) is 0 Å². The van der Waals surface area contributed by atoms with Gasteiger partial charge in [0, 0.05) is 11.9 Å². The van der Waals surface area contributed by atoms with Gasteiger partial charge < -0.3 is 5.32 Å². The zero-order chi connectivity index (χ0) is 14.8. The van der Waals surface area contributed by atoms with E-state index in [-0.39, 0.29) is 10.9 Å². The van der Waals surface area contributed by atoms with Gasteiger partial charge in [-0.05, 0) is 44.7 Å². The van der Waals surface area contributed by atoms with Crippen LogP contribution in [0.3, 0.4) is 0 Å². The average Bonchev–Trinajstić information content (AvgIpc) is 2.95. The lowest BCUT2D eigenvalue weighted by molar-refractivity contribution is 0.587. The summed E-state index contributed by atoms with van der Waals surface area (Å²) in [5.74, 6) is 0. The van der Waals surface area contributed by atoms with Gasteiger partial charge in [0.1, 0.15) is 0 Å². The van der Waals surface area contributed by atoms with Crippen LogP contribution >= 0.6 is 0 Å². The molecule has 0 amide bonds. The summed E-state index contributed by atoms with van der Waals surface area (Å²) < 4.78 is 26.2. The molecule has 3 N–H and O–H groups in total. The van der Waals surface area contributed by atoms with Gasteiger partial charge in [0.2, 0.25) is 10.0 Å². The van der Waals surface area contributed by atoms with Crippen molar-refractivity contribution < 1.29 is 8.42 Å². The fraction of sp³-hybridized carbons (Fsp3) is 0.308. The highest BCUT2D eigenvalue weighted by Gasteiger charge is 2.16. The van der Waals surface area contributed by atoms with Crippen LogP contribution in [0.5, 0.6) is 0 Å². The number of nitrogens with one attached hydrogen (secondary N) is 3. The van der Waals surface area contributed by atoms with Gasteiger partial charge in [-0.2, -0.15) is 5.10 Å². The predicted octanol–water partition coefficient (Wildman–Crippen LogP) is 1.80. The third-order valence-corrected chi connectivity index (χ3v) is 4.67. The van der Waals surface area contributed by atoms with E-state index in [1.807, 2.05) is 19.1 Å². The third-order valence-electron chi connectivity index (χ3n) is 3.12. The number of nitrogens with zero attached hydrogens (tertiary/aromatic N) is 1. The lowest BCUT2D eigenvalue weighted by Gasteiger charge is -2.15. The molecule has 7 heteroatoms.